The molecule has 4 rings (SSSR count). The molecular weight excluding hydrogens is 496 g/mol. The summed E-state index contributed by atoms with van der Waals surface area (Å²) in [6, 6.07) is 25.7. The van der Waals surface area contributed by atoms with Gasteiger partial charge in [0.25, 0.3) is 11.6 Å². The van der Waals surface area contributed by atoms with Gasteiger partial charge in [-0.05, 0) is 41.5 Å². The highest BCUT2D eigenvalue weighted by atomic mass is 16.6. The van der Waals surface area contributed by atoms with Gasteiger partial charge in [-0.3, -0.25) is 24.5 Å². The number of nitrogens with zero attached hydrogens (tertiary/aromatic N) is 2. The fourth-order valence-electron chi connectivity index (χ4n) is 4.30. The molecule has 9 nitrogen and oxygen atoms in total. The minimum Gasteiger partial charge on any atom is -0.343 e. The van der Waals surface area contributed by atoms with Gasteiger partial charge in [-0.2, -0.15) is 0 Å². The van der Waals surface area contributed by atoms with Crippen LogP contribution in [0.1, 0.15) is 22.8 Å². The molecule has 198 valence electrons. The van der Waals surface area contributed by atoms with Gasteiger partial charge in [-0.1, -0.05) is 66.7 Å². The normalized spacial score (nSPS) is 12.3. The molecule has 0 saturated carbocycles. The van der Waals surface area contributed by atoms with E-state index in [0.29, 0.717) is 16.8 Å². The standard InChI is InChI=1S/C30H28N4O5/c1-20(30(37)33(2)23-11-4-3-5-12-23)31-29(36)27(19-21-15-17-24(18-16-21)34(38)39)32-28(35)26-14-8-10-22-9-6-7-13-25(22)26/h3-18,20,27H,19H2,1-2H3,(H,31,36)(H,32,35)/t20-,27-/m0/s1. The van der Waals surface area contributed by atoms with E-state index in [1.54, 1.807) is 50.4 Å². The topological polar surface area (TPSA) is 122 Å². The van der Waals surface area contributed by atoms with E-state index in [2.05, 4.69) is 10.6 Å². The van der Waals surface area contributed by atoms with E-state index in [-0.39, 0.29) is 18.0 Å². The summed E-state index contributed by atoms with van der Waals surface area (Å²) >= 11 is 0. The van der Waals surface area contributed by atoms with Crippen molar-refractivity contribution in [2.24, 2.45) is 0 Å². The first-order valence-electron chi connectivity index (χ1n) is 12.4. The number of amides is 3. The Morgan fingerprint density at radius 2 is 1.49 bits per heavy atom. The second-order valence-corrected chi connectivity index (χ2v) is 9.14. The zero-order valence-electron chi connectivity index (χ0n) is 21.5. The van der Waals surface area contributed by atoms with Gasteiger partial charge in [0.05, 0.1) is 4.92 Å². The van der Waals surface area contributed by atoms with Crippen LogP contribution in [-0.4, -0.2) is 41.8 Å². The average molecular weight is 525 g/mol. The van der Waals surface area contributed by atoms with E-state index in [1.165, 1.54) is 17.0 Å². The van der Waals surface area contributed by atoms with Crippen LogP contribution < -0.4 is 15.5 Å². The summed E-state index contributed by atoms with van der Waals surface area (Å²) in [5, 5.41) is 18.2. The van der Waals surface area contributed by atoms with Crippen LogP contribution in [0.15, 0.2) is 97.1 Å². The number of likely N-dealkylation sites (N-methyl/N-ethyl adjacent to an activating group) is 1. The number of nitrogens with one attached hydrogen (secondary N) is 2. The van der Waals surface area contributed by atoms with Gasteiger partial charge in [0.2, 0.25) is 11.8 Å². The molecule has 4 aromatic rings. The first-order valence-corrected chi connectivity index (χ1v) is 12.4. The molecule has 0 bridgehead atoms. The average Bonchev–Trinajstić information content (AvgIpc) is 2.96. The molecule has 39 heavy (non-hydrogen) atoms. The van der Waals surface area contributed by atoms with Crippen LogP contribution >= 0.6 is 0 Å². The lowest BCUT2D eigenvalue weighted by molar-refractivity contribution is -0.384. The molecule has 9 heteroatoms. The molecule has 0 unspecified atom stereocenters. The van der Waals surface area contributed by atoms with Crippen molar-refractivity contribution in [3.63, 3.8) is 0 Å². The summed E-state index contributed by atoms with van der Waals surface area (Å²) in [5.41, 5.74) is 1.61. The number of anilines is 1. The molecule has 0 radical (unpaired) electrons. The number of benzene rings is 4. The van der Waals surface area contributed by atoms with Crippen molar-refractivity contribution in [2.75, 3.05) is 11.9 Å². The van der Waals surface area contributed by atoms with Gasteiger partial charge < -0.3 is 15.5 Å². The molecule has 0 heterocycles. The monoisotopic (exact) mass is 524 g/mol. The number of hydrogen-bond donors (Lipinski definition) is 2. The zero-order valence-corrected chi connectivity index (χ0v) is 21.5. The van der Waals surface area contributed by atoms with Gasteiger partial charge in [0.15, 0.2) is 0 Å². The van der Waals surface area contributed by atoms with E-state index in [9.17, 15) is 24.5 Å². The number of carbonyl (C=O) groups excluding carboxylic acids is 3. The highest BCUT2D eigenvalue weighted by Gasteiger charge is 2.27. The van der Waals surface area contributed by atoms with Crippen molar-refractivity contribution >= 4 is 39.9 Å². The second kappa shape index (κ2) is 12.0. The predicted molar refractivity (Wildman–Crippen MR) is 149 cm³/mol. The molecule has 0 aromatic heterocycles. The Kier molecular flexibility index (Phi) is 8.30. The molecule has 0 aliphatic rings. The Hall–Kier alpha value is -5.05. The number of hydrogen-bond acceptors (Lipinski definition) is 5. The first-order chi connectivity index (χ1) is 18.7. The van der Waals surface area contributed by atoms with Crippen molar-refractivity contribution in [2.45, 2.75) is 25.4 Å². The molecule has 4 aromatic carbocycles. The summed E-state index contributed by atoms with van der Waals surface area (Å²) < 4.78 is 0. The third-order valence-corrected chi connectivity index (χ3v) is 6.45. The Labute approximate surface area is 225 Å². The molecule has 0 saturated heterocycles. The third-order valence-electron chi connectivity index (χ3n) is 6.45. The first kappa shape index (κ1) is 27.0. The van der Waals surface area contributed by atoms with Crippen LogP contribution in [-0.2, 0) is 16.0 Å². The van der Waals surface area contributed by atoms with Crippen molar-refractivity contribution in [3.8, 4) is 0 Å². The Balaban J connectivity index is 1.56. The lowest BCUT2D eigenvalue weighted by atomic mass is 10.0. The van der Waals surface area contributed by atoms with Crippen LogP contribution in [0.3, 0.4) is 0 Å². The van der Waals surface area contributed by atoms with Gasteiger partial charge in [-0.15, -0.1) is 0 Å². The number of non-ortho nitro benzene ring substituents is 1. The van der Waals surface area contributed by atoms with E-state index in [4.69, 9.17) is 0 Å². The Morgan fingerprint density at radius 3 is 2.18 bits per heavy atom. The van der Waals surface area contributed by atoms with E-state index in [0.717, 1.165) is 10.8 Å². The molecule has 0 aliphatic carbocycles. The number of nitro benzene ring substituents is 1. The molecule has 0 aliphatic heterocycles. The SMILES string of the molecule is C[C@H](NC(=O)[C@H](Cc1ccc([N+](=O)[O-])cc1)NC(=O)c1cccc2ccccc12)C(=O)N(C)c1ccccc1. The van der Waals surface area contributed by atoms with Gasteiger partial charge in [0.1, 0.15) is 12.1 Å². The summed E-state index contributed by atoms with van der Waals surface area (Å²) in [6.45, 7) is 1.58. The number of rotatable bonds is 9. The summed E-state index contributed by atoms with van der Waals surface area (Å²) in [7, 11) is 1.62. The van der Waals surface area contributed by atoms with E-state index in [1.807, 2.05) is 48.5 Å². The summed E-state index contributed by atoms with van der Waals surface area (Å²) in [4.78, 5) is 51.8. The van der Waals surface area contributed by atoms with Crippen LogP contribution in [0, 0.1) is 10.1 Å². The van der Waals surface area contributed by atoms with E-state index < -0.39 is 28.8 Å². The van der Waals surface area contributed by atoms with Crippen molar-refractivity contribution in [1.29, 1.82) is 0 Å². The minimum atomic E-state index is -1.05. The Morgan fingerprint density at radius 1 is 0.846 bits per heavy atom. The number of nitro groups is 1. The van der Waals surface area contributed by atoms with Crippen molar-refractivity contribution in [1.82, 2.24) is 10.6 Å². The van der Waals surface area contributed by atoms with Gasteiger partial charge in [0, 0.05) is 36.9 Å². The van der Waals surface area contributed by atoms with E-state index >= 15 is 0 Å². The fourth-order valence-corrected chi connectivity index (χ4v) is 4.30. The molecule has 0 spiro atoms. The highest BCUT2D eigenvalue weighted by Crippen LogP contribution is 2.19. The Bertz CT molecular complexity index is 1500. The maximum Gasteiger partial charge on any atom is 0.269 e. The zero-order chi connectivity index (χ0) is 27.9. The second-order valence-electron chi connectivity index (χ2n) is 9.14. The number of carbonyl (C=O) groups is 3. The molecule has 2 N–H and O–H groups in total. The number of fused-ring (bicyclic) bond motifs is 1. The summed E-state index contributed by atoms with van der Waals surface area (Å²) in [6.07, 6.45) is 0.0652. The quantitative estimate of drug-likeness (QED) is 0.250. The third kappa shape index (κ3) is 6.45. The molecule has 3 amide bonds. The molecule has 2 atom stereocenters. The largest absolute Gasteiger partial charge is 0.343 e. The maximum absolute atomic E-state index is 13.4. The van der Waals surface area contributed by atoms with Crippen molar-refractivity contribution < 1.29 is 19.3 Å². The number of para-hydroxylation sites is 1. The minimum absolute atomic E-state index is 0.0652. The van der Waals surface area contributed by atoms with Crippen molar-refractivity contribution in [3.05, 3.63) is 118 Å². The smallest absolute Gasteiger partial charge is 0.269 e. The lowest BCUT2D eigenvalue weighted by Crippen LogP contribution is -2.53. The summed E-state index contributed by atoms with van der Waals surface area (Å²) in [5.74, 6) is -1.33. The molecule has 0 fully saturated rings. The predicted octanol–water partition coefficient (Wildman–Crippen LogP) is 4.26. The van der Waals surface area contributed by atoms with Crippen LogP contribution in [0.2, 0.25) is 0 Å². The fraction of sp³-hybridized carbons (Fsp3) is 0.167. The van der Waals surface area contributed by atoms with Crippen LogP contribution in [0.5, 0.6) is 0 Å². The van der Waals surface area contributed by atoms with Crippen LogP contribution in [0.4, 0.5) is 11.4 Å². The molecular formula is C30H28N4O5. The van der Waals surface area contributed by atoms with Gasteiger partial charge >= 0.3 is 0 Å². The highest BCUT2D eigenvalue weighted by molar-refractivity contribution is 6.08. The van der Waals surface area contributed by atoms with Gasteiger partial charge in [-0.25, -0.2) is 0 Å². The maximum atomic E-state index is 13.4. The van der Waals surface area contributed by atoms with Crippen LogP contribution in [0.25, 0.3) is 10.8 Å². The lowest BCUT2D eigenvalue weighted by Gasteiger charge is -2.25.